The highest BCUT2D eigenvalue weighted by Gasteiger charge is 2.08. The lowest BCUT2D eigenvalue weighted by Gasteiger charge is -2.05. The molecule has 0 aliphatic heterocycles. The van der Waals surface area contributed by atoms with Gasteiger partial charge in [0.25, 0.3) is 0 Å². The van der Waals surface area contributed by atoms with E-state index in [1.54, 1.807) is 0 Å². The van der Waals surface area contributed by atoms with E-state index in [2.05, 4.69) is 31.4 Å². The smallest absolute Gasteiger partial charge is 0.307 e. The molecule has 5 heteroatoms. The zero-order valence-corrected chi connectivity index (χ0v) is 10.8. The highest BCUT2D eigenvalue weighted by Crippen LogP contribution is 2.56. The van der Waals surface area contributed by atoms with Crippen molar-refractivity contribution in [3.8, 4) is 0 Å². The van der Waals surface area contributed by atoms with Crippen molar-refractivity contribution in [2.45, 2.75) is 45.4 Å². The van der Waals surface area contributed by atoms with Crippen LogP contribution in [0.4, 0.5) is 0 Å². The lowest BCUT2D eigenvalue weighted by molar-refractivity contribution is 0.322. The van der Waals surface area contributed by atoms with E-state index in [9.17, 15) is 4.57 Å². The van der Waals surface area contributed by atoms with Crippen LogP contribution in [0.15, 0.2) is 0 Å². The highest BCUT2D eigenvalue weighted by molar-refractivity contribution is 8.79. The van der Waals surface area contributed by atoms with E-state index in [4.69, 9.17) is 4.52 Å². The van der Waals surface area contributed by atoms with Crippen LogP contribution < -0.4 is 0 Å². The van der Waals surface area contributed by atoms with Gasteiger partial charge in [0.1, 0.15) is 0 Å². The molecule has 0 unspecified atom stereocenters. The minimum atomic E-state index is -2.84. The quantitative estimate of drug-likeness (QED) is 0.376. The van der Waals surface area contributed by atoms with Gasteiger partial charge in [0.2, 0.25) is 0 Å². The second-order valence-electron chi connectivity index (χ2n) is 3.09. The van der Waals surface area contributed by atoms with Crippen LogP contribution >= 0.6 is 30.3 Å². The van der Waals surface area contributed by atoms with Crippen molar-refractivity contribution in [2.24, 2.45) is 0 Å². The van der Waals surface area contributed by atoms with Gasteiger partial charge in [0.15, 0.2) is 0 Å². The molecule has 0 spiro atoms. The lowest BCUT2D eigenvalue weighted by Crippen LogP contribution is -1.87. The standard InChI is InChI=1S/C8H19O2PS2/c1-2-3-4-5-6-7-8-10-11(9,12)13/h2-8H2,1H3,(H2,9,12,13). The molecule has 0 saturated carbocycles. The van der Waals surface area contributed by atoms with Gasteiger partial charge in [-0.3, -0.25) is 4.57 Å². The molecule has 0 saturated heterocycles. The zero-order valence-electron chi connectivity index (χ0n) is 8.11. The summed E-state index contributed by atoms with van der Waals surface area (Å²) in [5, 5.41) is 0. The predicted octanol–water partition coefficient (Wildman–Crippen LogP) is 4.33. The molecule has 0 heterocycles. The molecule has 0 amide bonds. The van der Waals surface area contributed by atoms with Crippen LogP contribution in [0.2, 0.25) is 0 Å². The molecule has 0 fully saturated rings. The molecular formula is C8H19O2PS2. The molecule has 0 aliphatic rings. The van der Waals surface area contributed by atoms with Gasteiger partial charge in [-0.1, -0.05) is 63.5 Å². The van der Waals surface area contributed by atoms with Gasteiger partial charge >= 0.3 is 5.77 Å². The van der Waals surface area contributed by atoms with Crippen LogP contribution in [0.3, 0.4) is 0 Å². The predicted molar refractivity (Wildman–Crippen MR) is 64.9 cm³/mol. The Kier molecular flexibility index (Phi) is 8.78. The first-order chi connectivity index (χ1) is 6.06. The summed E-state index contributed by atoms with van der Waals surface area (Å²) >= 11 is 7.42. The third-order valence-electron chi connectivity index (χ3n) is 1.76. The Labute approximate surface area is 91.6 Å². The number of hydrogen-bond donors (Lipinski definition) is 2. The van der Waals surface area contributed by atoms with Crippen molar-refractivity contribution in [1.29, 1.82) is 0 Å². The minimum Gasteiger partial charge on any atom is -0.314 e. The van der Waals surface area contributed by atoms with Crippen molar-refractivity contribution in [3.63, 3.8) is 0 Å². The highest BCUT2D eigenvalue weighted by atomic mass is 33.1. The van der Waals surface area contributed by atoms with E-state index < -0.39 is 5.77 Å². The monoisotopic (exact) mass is 242 g/mol. The maximum atomic E-state index is 10.9. The Bertz CT molecular complexity index is 158. The molecule has 0 aromatic heterocycles. The second-order valence-corrected chi connectivity index (χ2v) is 8.44. The molecule has 0 atom stereocenters. The Morgan fingerprint density at radius 1 is 1.08 bits per heavy atom. The Balaban J connectivity index is 3.04. The fourth-order valence-electron chi connectivity index (χ4n) is 1.07. The van der Waals surface area contributed by atoms with Gasteiger partial charge in [-0.25, -0.2) is 0 Å². The molecule has 0 aliphatic carbocycles. The van der Waals surface area contributed by atoms with E-state index in [1.807, 2.05) is 0 Å². The number of unbranched alkanes of at least 4 members (excludes halogenated alkanes) is 5. The number of rotatable bonds is 8. The van der Waals surface area contributed by atoms with E-state index in [0.717, 1.165) is 12.8 Å². The first kappa shape index (κ1) is 13.9. The molecule has 13 heavy (non-hydrogen) atoms. The molecule has 0 aromatic rings. The van der Waals surface area contributed by atoms with Crippen LogP contribution in [0, 0.1) is 0 Å². The molecule has 2 nitrogen and oxygen atoms in total. The third kappa shape index (κ3) is 12.9. The van der Waals surface area contributed by atoms with E-state index in [0.29, 0.717) is 6.61 Å². The topological polar surface area (TPSA) is 26.3 Å². The van der Waals surface area contributed by atoms with Gasteiger partial charge in [0.05, 0.1) is 6.61 Å². The summed E-state index contributed by atoms with van der Waals surface area (Å²) in [6.07, 6.45) is 7.18. The average molecular weight is 242 g/mol. The Hall–Kier alpha value is 0.890. The molecule has 0 aromatic carbocycles. The molecular weight excluding hydrogens is 223 g/mol. The van der Waals surface area contributed by atoms with Gasteiger partial charge in [-0.2, -0.15) is 0 Å². The summed E-state index contributed by atoms with van der Waals surface area (Å²) in [6, 6.07) is 0. The van der Waals surface area contributed by atoms with Gasteiger partial charge in [-0.05, 0) is 6.42 Å². The summed E-state index contributed by atoms with van der Waals surface area (Å²) in [4.78, 5) is 0. The maximum absolute atomic E-state index is 10.9. The van der Waals surface area contributed by atoms with Crippen LogP contribution in [0.25, 0.3) is 0 Å². The lowest BCUT2D eigenvalue weighted by atomic mass is 10.1. The van der Waals surface area contributed by atoms with Crippen LogP contribution in [-0.4, -0.2) is 6.61 Å². The van der Waals surface area contributed by atoms with Crippen molar-refractivity contribution >= 4 is 30.3 Å². The SMILES string of the molecule is CCCCCCCCOP(=O)(S)S. The first-order valence-corrected chi connectivity index (χ1v) is 8.69. The fourth-order valence-corrected chi connectivity index (χ4v) is 1.92. The minimum absolute atomic E-state index is 0.510. The van der Waals surface area contributed by atoms with Crippen molar-refractivity contribution in [2.75, 3.05) is 6.61 Å². The zero-order chi connectivity index (χ0) is 10.2. The van der Waals surface area contributed by atoms with Gasteiger partial charge in [-0.15, -0.1) is 0 Å². The van der Waals surface area contributed by atoms with Crippen molar-refractivity contribution in [1.82, 2.24) is 0 Å². The second kappa shape index (κ2) is 8.22. The molecule has 0 rings (SSSR count). The summed E-state index contributed by atoms with van der Waals surface area (Å²) in [5.41, 5.74) is 0. The summed E-state index contributed by atoms with van der Waals surface area (Å²) < 4.78 is 15.8. The summed E-state index contributed by atoms with van der Waals surface area (Å²) in [6.45, 7) is 2.71. The normalized spacial score (nSPS) is 11.9. The number of hydrogen-bond acceptors (Lipinski definition) is 2. The van der Waals surface area contributed by atoms with E-state index in [1.165, 1.54) is 25.7 Å². The molecule has 80 valence electrons. The molecule has 0 radical (unpaired) electrons. The number of thiol groups is 2. The largest absolute Gasteiger partial charge is 0.314 e. The summed E-state index contributed by atoms with van der Waals surface area (Å²) in [5.74, 6) is -2.84. The van der Waals surface area contributed by atoms with E-state index >= 15 is 0 Å². The third-order valence-corrected chi connectivity index (χ3v) is 2.97. The van der Waals surface area contributed by atoms with Crippen molar-refractivity contribution < 1.29 is 9.09 Å². The van der Waals surface area contributed by atoms with Crippen LogP contribution in [-0.2, 0) is 9.09 Å². The Morgan fingerprint density at radius 3 is 2.15 bits per heavy atom. The maximum Gasteiger partial charge on any atom is 0.307 e. The fraction of sp³-hybridized carbons (Fsp3) is 1.00. The van der Waals surface area contributed by atoms with Crippen LogP contribution in [0.1, 0.15) is 45.4 Å². The van der Waals surface area contributed by atoms with Gasteiger partial charge in [0, 0.05) is 0 Å². The Morgan fingerprint density at radius 2 is 1.62 bits per heavy atom. The molecule has 0 N–H and O–H groups in total. The first-order valence-electron chi connectivity index (χ1n) is 4.76. The van der Waals surface area contributed by atoms with E-state index in [-0.39, 0.29) is 0 Å². The van der Waals surface area contributed by atoms with Crippen LogP contribution in [0.5, 0.6) is 0 Å². The van der Waals surface area contributed by atoms with Gasteiger partial charge < -0.3 is 4.52 Å². The average Bonchev–Trinajstić information content (AvgIpc) is 2.01. The van der Waals surface area contributed by atoms with Crippen molar-refractivity contribution in [3.05, 3.63) is 0 Å². The summed E-state index contributed by atoms with van der Waals surface area (Å²) in [7, 11) is 0. The molecule has 0 bridgehead atoms.